The number of amides is 1. The number of piperazine rings is 1. The highest BCUT2D eigenvalue weighted by Crippen LogP contribution is 2.40. The number of ether oxygens (including phenoxy) is 3. The fourth-order valence-corrected chi connectivity index (χ4v) is 4.88. The maximum atomic E-state index is 12.8. The number of carbonyl (C=O) groups excluding carboxylic acids is 1. The number of nitrogens with zero attached hydrogens (tertiary/aromatic N) is 6. The van der Waals surface area contributed by atoms with Crippen molar-refractivity contribution in [3.8, 4) is 11.5 Å². The number of para-hydroxylation sites is 1. The molecule has 186 valence electrons. The lowest BCUT2D eigenvalue weighted by Gasteiger charge is -2.39. The number of aromatic nitrogens is 4. The summed E-state index contributed by atoms with van der Waals surface area (Å²) >= 11 is 0. The molecule has 2 saturated heterocycles. The molecule has 1 aromatic carbocycles. The molecule has 2 aliphatic rings. The molecule has 2 aliphatic heterocycles. The molecule has 0 aliphatic carbocycles. The van der Waals surface area contributed by atoms with Crippen LogP contribution in [0.25, 0.3) is 0 Å². The third-order valence-corrected chi connectivity index (χ3v) is 6.63. The Labute approximate surface area is 203 Å². The summed E-state index contributed by atoms with van der Waals surface area (Å²) in [5.41, 5.74) is 0.904. The van der Waals surface area contributed by atoms with Crippen LogP contribution in [0, 0.1) is 0 Å². The number of hydrogen-bond donors (Lipinski definition) is 0. The minimum absolute atomic E-state index is 0.0906. The summed E-state index contributed by atoms with van der Waals surface area (Å²) in [6.45, 7) is 3.71. The topological polar surface area (TPSA) is 108 Å². The maximum absolute atomic E-state index is 12.8. The van der Waals surface area contributed by atoms with Gasteiger partial charge in [0.25, 0.3) is 5.91 Å². The van der Waals surface area contributed by atoms with Gasteiger partial charge < -0.3 is 23.5 Å². The van der Waals surface area contributed by atoms with Crippen LogP contribution in [0.4, 0.5) is 0 Å². The second-order valence-corrected chi connectivity index (χ2v) is 8.64. The van der Waals surface area contributed by atoms with E-state index >= 15 is 0 Å². The number of tetrazole rings is 1. The third kappa shape index (κ3) is 4.73. The molecule has 1 amide bonds. The Hall–Kier alpha value is -3.44. The van der Waals surface area contributed by atoms with Gasteiger partial charge in [-0.05, 0) is 41.5 Å². The van der Waals surface area contributed by atoms with Crippen LogP contribution in [0.5, 0.6) is 11.5 Å². The summed E-state index contributed by atoms with van der Waals surface area (Å²) < 4.78 is 24.3. The van der Waals surface area contributed by atoms with Gasteiger partial charge in [-0.15, -0.1) is 5.10 Å². The van der Waals surface area contributed by atoms with E-state index in [0.29, 0.717) is 55.8 Å². The number of methoxy groups -OCH3 is 2. The maximum Gasteiger partial charge on any atom is 0.289 e. The molecule has 35 heavy (non-hydrogen) atoms. The van der Waals surface area contributed by atoms with E-state index in [0.717, 1.165) is 25.0 Å². The first-order valence-corrected chi connectivity index (χ1v) is 11.8. The van der Waals surface area contributed by atoms with Crippen LogP contribution in [-0.2, 0) is 11.3 Å². The molecule has 2 atom stereocenters. The summed E-state index contributed by atoms with van der Waals surface area (Å²) in [6.07, 6.45) is 3.64. The Balaban J connectivity index is 1.45. The molecule has 0 saturated carbocycles. The predicted octanol–water partition coefficient (Wildman–Crippen LogP) is 2.01. The number of benzene rings is 1. The predicted molar refractivity (Wildman–Crippen MR) is 124 cm³/mol. The molecule has 0 bridgehead atoms. The van der Waals surface area contributed by atoms with Crippen molar-refractivity contribution in [2.24, 2.45) is 0 Å². The molecule has 5 rings (SSSR count). The fraction of sp³-hybridized carbons (Fsp3) is 0.500. The van der Waals surface area contributed by atoms with Crippen LogP contribution >= 0.6 is 0 Å². The van der Waals surface area contributed by atoms with E-state index in [2.05, 4.69) is 20.4 Å². The highest BCUT2D eigenvalue weighted by molar-refractivity contribution is 5.91. The smallest absolute Gasteiger partial charge is 0.289 e. The molecule has 11 nitrogen and oxygen atoms in total. The number of furan rings is 1. The molecular weight excluding hydrogens is 452 g/mol. The quantitative estimate of drug-likeness (QED) is 0.476. The van der Waals surface area contributed by atoms with Gasteiger partial charge in [0.2, 0.25) is 0 Å². The van der Waals surface area contributed by atoms with Gasteiger partial charge in [-0.2, -0.15) is 0 Å². The van der Waals surface area contributed by atoms with E-state index in [1.54, 1.807) is 26.4 Å². The van der Waals surface area contributed by atoms with Crippen molar-refractivity contribution in [3.63, 3.8) is 0 Å². The highest BCUT2D eigenvalue weighted by Gasteiger charge is 2.35. The van der Waals surface area contributed by atoms with E-state index in [1.807, 2.05) is 27.8 Å². The second-order valence-electron chi connectivity index (χ2n) is 8.64. The molecule has 0 unspecified atom stereocenters. The minimum Gasteiger partial charge on any atom is -0.493 e. The largest absolute Gasteiger partial charge is 0.493 e. The monoisotopic (exact) mass is 482 g/mol. The molecule has 4 heterocycles. The molecule has 11 heteroatoms. The first-order valence-electron chi connectivity index (χ1n) is 11.8. The van der Waals surface area contributed by atoms with Crippen molar-refractivity contribution in [3.05, 3.63) is 53.7 Å². The van der Waals surface area contributed by atoms with E-state index in [1.165, 1.54) is 6.26 Å². The van der Waals surface area contributed by atoms with E-state index in [4.69, 9.17) is 18.6 Å². The van der Waals surface area contributed by atoms with Crippen LogP contribution in [0.15, 0.2) is 41.0 Å². The Bertz CT molecular complexity index is 1120. The average Bonchev–Trinajstić information content (AvgIpc) is 3.68. The van der Waals surface area contributed by atoms with Crippen molar-refractivity contribution in [1.82, 2.24) is 30.0 Å². The number of carbonyl (C=O) groups is 1. The first-order chi connectivity index (χ1) is 17.2. The fourth-order valence-electron chi connectivity index (χ4n) is 4.88. The normalized spacial score (nSPS) is 19.6. The van der Waals surface area contributed by atoms with E-state index < -0.39 is 0 Å². The Morgan fingerprint density at radius 3 is 2.69 bits per heavy atom. The Morgan fingerprint density at radius 1 is 1.14 bits per heavy atom. The molecule has 2 fully saturated rings. The zero-order chi connectivity index (χ0) is 24.2. The zero-order valence-electron chi connectivity index (χ0n) is 20.0. The van der Waals surface area contributed by atoms with Gasteiger partial charge in [-0.25, -0.2) is 4.68 Å². The van der Waals surface area contributed by atoms with E-state index in [9.17, 15) is 4.79 Å². The van der Waals surface area contributed by atoms with Crippen molar-refractivity contribution in [2.75, 3.05) is 47.0 Å². The van der Waals surface area contributed by atoms with Gasteiger partial charge >= 0.3 is 0 Å². The van der Waals surface area contributed by atoms with Gasteiger partial charge in [0.15, 0.2) is 23.1 Å². The summed E-state index contributed by atoms with van der Waals surface area (Å²) in [5, 5.41) is 12.8. The molecule has 3 aromatic rings. The second kappa shape index (κ2) is 10.4. The van der Waals surface area contributed by atoms with Crippen LogP contribution in [0.3, 0.4) is 0 Å². The van der Waals surface area contributed by atoms with Gasteiger partial charge in [-0.1, -0.05) is 12.1 Å². The van der Waals surface area contributed by atoms with Crippen molar-refractivity contribution in [2.45, 2.75) is 31.5 Å². The molecule has 0 spiro atoms. The van der Waals surface area contributed by atoms with Crippen molar-refractivity contribution in [1.29, 1.82) is 0 Å². The van der Waals surface area contributed by atoms with Crippen molar-refractivity contribution >= 4 is 5.91 Å². The average molecular weight is 483 g/mol. The van der Waals surface area contributed by atoms with Crippen LogP contribution in [-0.4, -0.2) is 89.0 Å². The minimum atomic E-state index is -0.294. The Kier molecular flexibility index (Phi) is 6.96. The zero-order valence-corrected chi connectivity index (χ0v) is 20.0. The third-order valence-electron chi connectivity index (χ3n) is 6.63. The Morgan fingerprint density at radius 2 is 2.00 bits per heavy atom. The number of rotatable bonds is 8. The van der Waals surface area contributed by atoms with Crippen molar-refractivity contribution < 1.29 is 23.4 Å². The van der Waals surface area contributed by atoms with Gasteiger partial charge in [0.05, 0.1) is 33.1 Å². The molecular formula is C24H30N6O5. The highest BCUT2D eigenvalue weighted by atomic mass is 16.5. The van der Waals surface area contributed by atoms with E-state index in [-0.39, 0.29) is 18.1 Å². The van der Waals surface area contributed by atoms with Crippen LogP contribution < -0.4 is 9.47 Å². The standard InChI is InChI=1S/C24H30N6O5/c1-32-19-8-3-7-18(22(19)33-2)21(23-25-26-27-30(23)16-17-6-4-14-34-17)28-10-12-29(13-11-28)24(31)20-9-5-15-35-20/h3,5,7-9,15,17,21H,4,6,10-14,16H2,1-2H3/t17-,21+/m0/s1. The summed E-state index contributed by atoms with van der Waals surface area (Å²) in [7, 11) is 3.25. The number of hydrogen-bond acceptors (Lipinski definition) is 9. The summed E-state index contributed by atoms with van der Waals surface area (Å²) in [4.78, 5) is 16.9. The van der Waals surface area contributed by atoms with Crippen LogP contribution in [0.1, 0.15) is 40.8 Å². The van der Waals surface area contributed by atoms with Crippen LogP contribution in [0.2, 0.25) is 0 Å². The first kappa shape index (κ1) is 23.3. The molecule has 0 radical (unpaired) electrons. The van der Waals surface area contributed by atoms with Gasteiger partial charge in [0, 0.05) is 38.3 Å². The lowest BCUT2D eigenvalue weighted by Crippen LogP contribution is -2.50. The van der Waals surface area contributed by atoms with Gasteiger partial charge in [-0.3, -0.25) is 9.69 Å². The van der Waals surface area contributed by atoms with Gasteiger partial charge in [0.1, 0.15) is 6.04 Å². The summed E-state index contributed by atoms with van der Waals surface area (Å²) in [6, 6.07) is 8.94. The lowest BCUT2D eigenvalue weighted by atomic mass is 10.0. The molecule has 2 aromatic heterocycles. The summed E-state index contributed by atoms with van der Waals surface area (Å²) in [5.74, 6) is 2.23. The molecule has 0 N–H and O–H groups in total. The SMILES string of the molecule is COc1cccc([C@H](c2nnnn2C[C@@H]2CCCO2)N2CCN(C(=O)c3ccco3)CC2)c1OC. The lowest BCUT2D eigenvalue weighted by molar-refractivity contribution is 0.0549.